The first-order chi connectivity index (χ1) is 16.4. The molecule has 1 aromatic heterocycles. The predicted octanol–water partition coefficient (Wildman–Crippen LogP) is -0.337. The van der Waals surface area contributed by atoms with Crippen molar-refractivity contribution in [2.24, 2.45) is 0 Å². The van der Waals surface area contributed by atoms with Gasteiger partial charge in [0.2, 0.25) is 17.7 Å². The Labute approximate surface area is 195 Å². The first-order valence-corrected chi connectivity index (χ1v) is 10.9. The van der Waals surface area contributed by atoms with Crippen LogP contribution in [0.5, 0.6) is 0 Å². The van der Waals surface area contributed by atoms with Crippen molar-refractivity contribution < 1.29 is 33.7 Å². The van der Waals surface area contributed by atoms with Gasteiger partial charge >= 0.3 is 0 Å². The van der Waals surface area contributed by atoms with Crippen molar-refractivity contribution >= 4 is 34.3 Å². The Morgan fingerprint density at radius 2 is 1.85 bits per heavy atom. The largest absolute Gasteiger partial charge is 0.394 e. The van der Waals surface area contributed by atoms with Crippen molar-refractivity contribution in [3.8, 4) is 0 Å². The van der Waals surface area contributed by atoms with Crippen molar-refractivity contribution in [1.82, 2.24) is 14.9 Å². The molecule has 3 rings (SSSR count). The van der Waals surface area contributed by atoms with Crippen LogP contribution in [0, 0.1) is 6.92 Å². The normalized spacial score (nSPS) is 16.0. The summed E-state index contributed by atoms with van der Waals surface area (Å²) < 4.78 is 16.9. The van der Waals surface area contributed by atoms with E-state index in [4.69, 9.17) is 19.3 Å². The van der Waals surface area contributed by atoms with Gasteiger partial charge in [0.1, 0.15) is 24.0 Å². The average Bonchev–Trinajstić information content (AvgIpc) is 2.80. The average molecular weight is 476 g/mol. The van der Waals surface area contributed by atoms with Gasteiger partial charge in [-0.25, -0.2) is 4.98 Å². The van der Waals surface area contributed by atoms with Gasteiger partial charge in [0.25, 0.3) is 5.56 Å². The number of anilines is 1. The van der Waals surface area contributed by atoms with E-state index >= 15 is 0 Å². The van der Waals surface area contributed by atoms with E-state index in [0.717, 1.165) is 0 Å². The molecule has 2 aromatic rings. The van der Waals surface area contributed by atoms with Gasteiger partial charge in [0, 0.05) is 6.42 Å². The van der Waals surface area contributed by atoms with E-state index in [2.05, 4.69) is 15.6 Å². The van der Waals surface area contributed by atoms with Gasteiger partial charge in [-0.3, -0.25) is 29.1 Å². The third-order valence-electron chi connectivity index (χ3n) is 5.12. The molecule has 0 saturated carbocycles. The summed E-state index contributed by atoms with van der Waals surface area (Å²) in [6, 6.07) is 3.98. The molecule has 1 aromatic carbocycles. The number of imide groups is 1. The summed E-state index contributed by atoms with van der Waals surface area (Å²) in [7, 11) is 0. The molecule has 0 bridgehead atoms. The number of piperidine rings is 1. The topological polar surface area (TPSA) is 158 Å². The summed E-state index contributed by atoms with van der Waals surface area (Å²) >= 11 is 0. The van der Waals surface area contributed by atoms with Gasteiger partial charge in [0.15, 0.2) is 0 Å². The molecule has 1 saturated heterocycles. The number of aromatic nitrogens is 2. The molecule has 3 amide bonds. The number of aryl methyl sites for hydroxylation is 1. The molecule has 1 fully saturated rings. The monoisotopic (exact) mass is 476 g/mol. The Morgan fingerprint density at radius 3 is 2.56 bits per heavy atom. The fraction of sp³-hybridized carbons (Fsp3) is 0.500. The van der Waals surface area contributed by atoms with Crippen LogP contribution in [-0.2, 0) is 28.6 Å². The summed E-state index contributed by atoms with van der Waals surface area (Å²) in [5.74, 6) is -1.03. The van der Waals surface area contributed by atoms with Gasteiger partial charge in [-0.2, -0.15) is 0 Å². The molecular weight excluding hydrogens is 448 g/mol. The highest BCUT2D eigenvalue weighted by Crippen LogP contribution is 2.23. The predicted molar refractivity (Wildman–Crippen MR) is 120 cm³/mol. The van der Waals surface area contributed by atoms with E-state index in [1.165, 1.54) is 4.57 Å². The Hall–Kier alpha value is -3.19. The van der Waals surface area contributed by atoms with Crippen LogP contribution in [0.15, 0.2) is 23.0 Å². The second-order valence-corrected chi connectivity index (χ2v) is 7.55. The minimum atomic E-state index is -0.822. The number of ether oxygens (including phenoxy) is 3. The SMILES string of the molecule is Cc1nc2c(NC(=O)COCCOCCOCCO)cccc2c(=O)n1C1CCC(=O)NC1=O. The molecule has 1 aliphatic rings. The van der Waals surface area contributed by atoms with Crippen molar-refractivity contribution in [3.05, 3.63) is 34.4 Å². The lowest BCUT2D eigenvalue weighted by molar-refractivity contribution is -0.135. The highest BCUT2D eigenvalue weighted by Gasteiger charge is 2.30. The minimum absolute atomic E-state index is 0.0417. The summed E-state index contributed by atoms with van der Waals surface area (Å²) in [5.41, 5.74) is 0.219. The minimum Gasteiger partial charge on any atom is -0.394 e. The van der Waals surface area contributed by atoms with E-state index in [-0.39, 0.29) is 57.2 Å². The van der Waals surface area contributed by atoms with E-state index in [9.17, 15) is 19.2 Å². The van der Waals surface area contributed by atoms with Crippen molar-refractivity contribution in [1.29, 1.82) is 0 Å². The molecule has 0 aliphatic carbocycles. The number of nitrogens with zero attached hydrogens (tertiary/aromatic N) is 2. The van der Waals surface area contributed by atoms with E-state index in [1.54, 1.807) is 25.1 Å². The number of nitrogens with one attached hydrogen (secondary N) is 2. The van der Waals surface area contributed by atoms with E-state index < -0.39 is 23.4 Å². The van der Waals surface area contributed by atoms with Crippen LogP contribution in [-0.4, -0.2) is 78.6 Å². The maximum Gasteiger partial charge on any atom is 0.262 e. The number of para-hydroxylation sites is 1. The molecule has 0 radical (unpaired) electrons. The van der Waals surface area contributed by atoms with Gasteiger partial charge in [-0.1, -0.05) is 6.07 Å². The maximum atomic E-state index is 13.2. The van der Waals surface area contributed by atoms with Gasteiger partial charge in [0.05, 0.1) is 50.7 Å². The number of amides is 3. The first-order valence-electron chi connectivity index (χ1n) is 10.9. The number of carbonyl (C=O) groups is 3. The first kappa shape index (κ1) is 25.4. The molecule has 3 N–H and O–H groups in total. The van der Waals surface area contributed by atoms with Crippen LogP contribution in [0.1, 0.15) is 24.7 Å². The standard InChI is InChI=1S/C22H28N4O8/c1-14-23-20-15(22(31)26(14)17-5-6-18(28)25-21(17)30)3-2-4-16(20)24-19(29)13-34-12-11-33-10-9-32-8-7-27/h2-4,17,27H,5-13H2,1H3,(H,24,29)(H,25,28,30). The molecule has 184 valence electrons. The van der Waals surface area contributed by atoms with Crippen LogP contribution in [0.2, 0.25) is 0 Å². The maximum absolute atomic E-state index is 13.2. The molecule has 12 heteroatoms. The Kier molecular flexibility index (Phi) is 9.22. The molecule has 1 aliphatic heterocycles. The van der Waals surface area contributed by atoms with Crippen LogP contribution in [0.3, 0.4) is 0 Å². The number of carbonyl (C=O) groups excluding carboxylic acids is 3. The Bertz CT molecular complexity index is 1100. The van der Waals surface area contributed by atoms with Crippen molar-refractivity contribution in [2.45, 2.75) is 25.8 Å². The number of hydrogen-bond acceptors (Lipinski definition) is 9. The number of aliphatic hydroxyl groups is 1. The second kappa shape index (κ2) is 12.3. The fourth-order valence-corrected chi connectivity index (χ4v) is 3.58. The lowest BCUT2D eigenvalue weighted by Crippen LogP contribution is -2.45. The van der Waals surface area contributed by atoms with Crippen molar-refractivity contribution in [2.75, 3.05) is 51.6 Å². The second-order valence-electron chi connectivity index (χ2n) is 7.55. The molecular formula is C22H28N4O8. The van der Waals surface area contributed by atoms with Crippen LogP contribution >= 0.6 is 0 Å². The molecule has 34 heavy (non-hydrogen) atoms. The quantitative estimate of drug-likeness (QED) is 0.275. The summed E-state index contributed by atoms with van der Waals surface area (Å²) in [6.07, 6.45) is 0.352. The fourth-order valence-electron chi connectivity index (χ4n) is 3.58. The smallest absolute Gasteiger partial charge is 0.262 e. The van der Waals surface area contributed by atoms with Gasteiger partial charge < -0.3 is 24.6 Å². The molecule has 0 spiro atoms. The Balaban J connectivity index is 1.61. The van der Waals surface area contributed by atoms with Crippen molar-refractivity contribution in [3.63, 3.8) is 0 Å². The molecule has 1 unspecified atom stereocenters. The van der Waals surface area contributed by atoms with Crippen LogP contribution < -0.4 is 16.2 Å². The number of hydrogen-bond donors (Lipinski definition) is 3. The van der Waals surface area contributed by atoms with Gasteiger partial charge in [-0.15, -0.1) is 0 Å². The number of fused-ring (bicyclic) bond motifs is 1. The van der Waals surface area contributed by atoms with E-state index in [1.807, 2.05) is 0 Å². The summed E-state index contributed by atoms with van der Waals surface area (Å²) in [5, 5.41) is 13.8. The zero-order valence-electron chi connectivity index (χ0n) is 18.9. The molecule has 12 nitrogen and oxygen atoms in total. The molecule has 1 atom stereocenters. The number of aliphatic hydroxyl groups excluding tert-OH is 1. The van der Waals surface area contributed by atoms with Crippen LogP contribution in [0.25, 0.3) is 10.9 Å². The number of benzene rings is 1. The molecule has 2 heterocycles. The lowest BCUT2D eigenvalue weighted by atomic mass is 10.1. The third kappa shape index (κ3) is 6.44. The van der Waals surface area contributed by atoms with Gasteiger partial charge in [-0.05, 0) is 25.5 Å². The lowest BCUT2D eigenvalue weighted by Gasteiger charge is -2.24. The van der Waals surface area contributed by atoms with Crippen LogP contribution in [0.4, 0.5) is 5.69 Å². The summed E-state index contributed by atoms with van der Waals surface area (Å²) in [6.45, 7) is 2.80. The third-order valence-corrected chi connectivity index (χ3v) is 5.12. The highest BCUT2D eigenvalue weighted by molar-refractivity contribution is 6.01. The number of rotatable bonds is 12. The Morgan fingerprint density at radius 1 is 1.15 bits per heavy atom. The van der Waals surface area contributed by atoms with E-state index in [0.29, 0.717) is 30.2 Å². The zero-order chi connectivity index (χ0) is 24.5. The zero-order valence-corrected chi connectivity index (χ0v) is 18.9. The highest BCUT2D eigenvalue weighted by atomic mass is 16.5. The summed E-state index contributed by atoms with van der Waals surface area (Å²) in [4.78, 5) is 53.6.